The van der Waals surface area contributed by atoms with Gasteiger partial charge in [-0.25, -0.2) is 0 Å². The zero-order chi connectivity index (χ0) is 18.2. The van der Waals surface area contributed by atoms with Crippen LogP contribution >= 0.6 is 0 Å². The van der Waals surface area contributed by atoms with Crippen LogP contribution in [-0.2, 0) is 0 Å². The average molecular weight is 352 g/mol. The Morgan fingerprint density at radius 1 is 1.04 bits per heavy atom. The quantitative estimate of drug-likeness (QED) is 0.779. The number of aromatic nitrogens is 1. The van der Waals surface area contributed by atoms with Gasteiger partial charge >= 0.3 is 0 Å². The highest BCUT2D eigenvalue weighted by molar-refractivity contribution is 5.93. The number of unbranched alkanes of at least 4 members (excludes halogenated alkanes) is 1. The van der Waals surface area contributed by atoms with Crippen LogP contribution in [0.2, 0.25) is 0 Å². The molecule has 1 aliphatic heterocycles. The highest BCUT2D eigenvalue weighted by Gasteiger charge is 2.16. The zero-order valence-corrected chi connectivity index (χ0v) is 15.5. The maximum absolute atomic E-state index is 12.0. The number of carbonyl (C=O) groups is 1. The summed E-state index contributed by atoms with van der Waals surface area (Å²) in [4.78, 5) is 21.2. The maximum atomic E-state index is 12.0. The number of pyridine rings is 1. The van der Waals surface area contributed by atoms with Crippen molar-refractivity contribution >= 4 is 11.6 Å². The minimum atomic E-state index is -0.0334. The fraction of sp³-hybridized carbons (Fsp3) is 0.429. The normalized spacial score (nSPS) is 15.0. The van der Waals surface area contributed by atoms with E-state index in [0.29, 0.717) is 5.56 Å². The molecule has 0 radical (unpaired) electrons. The van der Waals surface area contributed by atoms with E-state index in [1.54, 1.807) is 6.20 Å². The summed E-state index contributed by atoms with van der Waals surface area (Å²) in [5, 5.41) is 2.98. The van der Waals surface area contributed by atoms with Gasteiger partial charge in [-0.15, -0.1) is 0 Å². The number of hydrogen-bond donors (Lipinski definition) is 1. The molecule has 1 aromatic carbocycles. The lowest BCUT2D eigenvalue weighted by atomic mass is 10.2. The number of carbonyl (C=O) groups excluding carboxylic acids is 1. The smallest absolute Gasteiger partial charge is 0.252 e. The third kappa shape index (κ3) is 5.30. The summed E-state index contributed by atoms with van der Waals surface area (Å²) in [6.45, 7) is 8.12. The SMILES string of the molecule is Cc1ccc(C(=O)NCCCCN2CCN(c3ccccc3)CC2)cn1. The second kappa shape index (κ2) is 9.34. The van der Waals surface area contributed by atoms with Gasteiger partial charge in [0.05, 0.1) is 5.56 Å². The molecule has 26 heavy (non-hydrogen) atoms. The van der Waals surface area contributed by atoms with Gasteiger partial charge in [0.1, 0.15) is 0 Å². The van der Waals surface area contributed by atoms with Crippen LogP contribution in [0.4, 0.5) is 5.69 Å². The van der Waals surface area contributed by atoms with E-state index >= 15 is 0 Å². The fourth-order valence-electron chi connectivity index (χ4n) is 3.24. The van der Waals surface area contributed by atoms with Gasteiger partial charge in [0, 0.05) is 50.3 Å². The Bertz CT molecular complexity index is 679. The number of benzene rings is 1. The fourth-order valence-corrected chi connectivity index (χ4v) is 3.24. The summed E-state index contributed by atoms with van der Waals surface area (Å²) in [5.74, 6) is -0.0334. The molecule has 1 aliphatic rings. The van der Waals surface area contributed by atoms with E-state index in [1.807, 2.05) is 19.1 Å². The molecular formula is C21H28N4O. The summed E-state index contributed by atoms with van der Waals surface area (Å²) in [7, 11) is 0. The first kappa shape index (κ1) is 18.4. The van der Waals surface area contributed by atoms with Crippen LogP contribution in [0.15, 0.2) is 48.7 Å². The molecule has 3 rings (SSSR count). The van der Waals surface area contributed by atoms with Gasteiger partial charge in [-0.1, -0.05) is 18.2 Å². The number of nitrogens with one attached hydrogen (secondary N) is 1. The molecule has 0 bridgehead atoms. The third-order valence-corrected chi connectivity index (χ3v) is 4.85. The van der Waals surface area contributed by atoms with Crippen molar-refractivity contribution in [2.24, 2.45) is 0 Å². The first-order valence-electron chi connectivity index (χ1n) is 9.45. The van der Waals surface area contributed by atoms with Gasteiger partial charge in [0.15, 0.2) is 0 Å². The van der Waals surface area contributed by atoms with Crippen molar-refractivity contribution in [1.82, 2.24) is 15.2 Å². The molecule has 0 atom stereocenters. The molecule has 0 aliphatic carbocycles. The van der Waals surface area contributed by atoms with Crippen LogP contribution in [0, 0.1) is 6.92 Å². The van der Waals surface area contributed by atoms with Crippen LogP contribution in [0.5, 0.6) is 0 Å². The number of amides is 1. The molecule has 1 aromatic heterocycles. The topological polar surface area (TPSA) is 48.5 Å². The highest BCUT2D eigenvalue weighted by atomic mass is 16.1. The number of rotatable bonds is 7. The van der Waals surface area contributed by atoms with Crippen molar-refractivity contribution in [3.63, 3.8) is 0 Å². The standard InChI is InChI=1S/C21H28N4O/c1-18-9-10-19(17-23-18)21(26)22-11-5-6-12-24-13-15-25(16-14-24)20-7-3-2-4-8-20/h2-4,7-10,17H,5-6,11-16H2,1H3,(H,22,26). The summed E-state index contributed by atoms with van der Waals surface area (Å²) >= 11 is 0. The predicted molar refractivity (Wildman–Crippen MR) is 106 cm³/mol. The molecule has 5 heteroatoms. The predicted octanol–water partition coefficient (Wildman–Crippen LogP) is 2.72. The third-order valence-electron chi connectivity index (χ3n) is 4.85. The Morgan fingerprint density at radius 2 is 1.81 bits per heavy atom. The first-order valence-corrected chi connectivity index (χ1v) is 9.45. The number of anilines is 1. The van der Waals surface area contributed by atoms with E-state index in [0.717, 1.165) is 57.8 Å². The summed E-state index contributed by atoms with van der Waals surface area (Å²) in [6.07, 6.45) is 3.75. The van der Waals surface area contributed by atoms with E-state index in [-0.39, 0.29) is 5.91 Å². The number of para-hydroxylation sites is 1. The Hall–Kier alpha value is -2.40. The molecular weight excluding hydrogens is 324 g/mol. The van der Waals surface area contributed by atoms with E-state index < -0.39 is 0 Å². The van der Waals surface area contributed by atoms with Gasteiger partial charge in [-0.3, -0.25) is 14.7 Å². The molecule has 138 valence electrons. The second-order valence-corrected chi connectivity index (χ2v) is 6.82. The Balaban J connectivity index is 1.29. The van der Waals surface area contributed by atoms with Gasteiger partial charge in [-0.2, -0.15) is 0 Å². The molecule has 2 heterocycles. The van der Waals surface area contributed by atoms with E-state index in [2.05, 4.69) is 50.4 Å². The zero-order valence-electron chi connectivity index (χ0n) is 15.5. The molecule has 0 spiro atoms. The summed E-state index contributed by atoms with van der Waals surface area (Å²) in [6, 6.07) is 14.3. The lowest BCUT2D eigenvalue weighted by Gasteiger charge is -2.36. The molecule has 1 amide bonds. The molecule has 1 fully saturated rings. The number of hydrogen-bond acceptors (Lipinski definition) is 4. The van der Waals surface area contributed by atoms with Crippen LogP contribution in [0.25, 0.3) is 0 Å². The van der Waals surface area contributed by atoms with Crippen molar-refractivity contribution in [3.8, 4) is 0 Å². The highest BCUT2D eigenvalue weighted by Crippen LogP contribution is 2.15. The van der Waals surface area contributed by atoms with E-state index in [9.17, 15) is 4.79 Å². The van der Waals surface area contributed by atoms with Gasteiger partial charge in [-0.05, 0) is 50.6 Å². The summed E-state index contributed by atoms with van der Waals surface area (Å²) in [5.41, 5.74) is 2.88. The van der Waals surface area contributed by atoms with Crippen LogP contribution in [0.3, 0.4) is 0 Å². The van der Waals surface area contributed by atoms with Crippen LogP contribution < -0.4 is 10.2 Å². The van der Waals surface area contributed by atoms with E-state index in [4.69, 9.17) is 0 Å². The first-order chi connectivity index (χ1) is 12.7. The van der Waals surface area contributed by atoms with Crippen LogP contribution in [0.1, 0.15) is 28.9 Å². The largest absolute Gasteiger partial charge is 0.369 e. The van der Waals surface area contributed by atoms with E-state index in [1.165, 1.54) is 5.69 Å². The van der Waals surface area contributed by atoms with Crippen molar-refractivity contribution < 1.29 is 4.79 Å². The minimum absolute atomic E-state index is 0.0334. The lowest BCUT2D eigenvalue weighted by Crippen LogP contribution is -2.46. The van der Waals surface area contributed by atoms with Gasteiger partial charge in [0.2, 0.25) is 0 Å². The minimum Gasteiger partial charge on any atom is -0.369 e. The maximum Gasteiger partial charge on any atom is 0.252 e. The number of nitrogens with zero attached hydrogens (tertiary/aromatic N) is 3. The number of piperazine rings is 1. The molecule has 5 nitrogen and oxygen atoms in total. The van der Waals surface area contributed by atoms with Crippen molar-refractivity contribution in [1.29, 1.82) is 0 Å². The Labute approximate surface area is 156 Å². The van der Waals surface area contributed by atoms with Crippen molar-refractivity contribution in [2.75, 3.05) is 44.2 Å². The summed E-state index contributed by atoms with van der Waals surface area (Å²) < 4.78 is 0. The molecule has 0 unspecified atom stereocenters. The monoisotopic (exact) mass is 352 g/mol. The Morgan fingerprint density at radius 3 is 2.50 bits per heavy atom. The van der Waals surface area contributed by atoms with Gasteiger partial charge in [0.25, 0.3) is 5.91 Å². The van der Waals surface area contributed by atoms with Gasteiger partial charge < -0.3 is 10.2 Å². The van der Waals surface area contributed by atoms with Crippen molar-refractivity contribution in [3.05, 3.63) is 59.9 Å². The average Bonchev–Trinajstić information content (AvgIpc) is 2.69. The van der Waals surface area contributed by atoms with Crippen molar-refractivity contribution in [2.45, 2.75) is 19.8 Å². The molecule has 2 aromatic rings. The second-order valence-electron chi connectivity index (χ2n) is 6.82. The lowest BCUT2D eigenvalue weighted by molar-refractivity contribution is 0.0952. The molecule has 1 saturated heterocycles. The Kier molecular flexibility index (Phi) is 6.61. The molecule has 0 saturated carbocycles. The molecule has 1 N–H and O–H groups in total. The number of aryl methyl sites for hydroxylation is 1. The van der Waals surface area contributed by atoms with Crippen LogP contribution in [-0.4, -0.2) is 55.1 Å².